The zero-order valence-corrected chi connectivity index (χ0v) is 14.5. The molecule has 1 heterocycles. The number of amides is 1. The molecule has 144 valence electrons. The summed E-state index contributed by atoms with van der Waals surface area (Å²) >= 11 is 0. The standard InChI is InChI=1S/C20H19F4NO2/c21-16-8-6-15(7-9-16)18(20(22,23)24)11-19(26)25-13-27-12-17(25)10-14-4-2-1-3-5-14/h1-9,17-18H,10-13H2/t17-,18-/m1/s1. The van der Waals surface area contributed by atoms with Crippen LogP contribution < -0.4 is 0 Å². The van der Waals surface area contributed by atoms with Gasteiger partial charge in [0.1, 0.15) is 12.5 Å². The fourth-order valence-corrected chi connectivity index (χ4v) is 3.22. The summed E-state index contributed by atoms with van der Waals surface area (Å²) in [5.41, 5.74) is 0.855. The molecule has 1 saturated heterocycles. The highest BCUT2D eigenvalue weighted by Gasteiger charge is 2.43. The van der Waals surface area contributed by atoms with Crippen molar-refractivity contribution >= 4 is 5.91 Å². The molecule has 2 aromatic rings. The van der Waals surface area contributed by atoms with Gasteiger partial charge < -0.3 is 9.64 Å². The molecule has 2 atom stereocenters. The van der Waals surface area contributed by atoms with Gasteiger partial charge in [-0.2, -0.15) is 13.2 Å². The number of hydrogen-bond acceptors (Lipinski definition) is 2. The van der Waals surface area contributed by atoms with Crippen LogP contribution in [0.5, 0.6) is 0 Å². The summed E-state index contributed by atoms with van der Waals surface area (Å²) in [5.74, 6) is -3.23. The van der Waals surface area contributed by atoms with Gasteiger partial charge >= 0.3 is 6.18 Å². The largest absolute Gasteiger partial charge is 0.396 e. The first-order chi connectivity index (χ1) is 12.8. The minimum Gasteiger partial charge on any atom is -0.359 e. The second kappa shape index (κ2) is 8.08. The minimum atomic E-state index is -4.61. The molecule has 27 heavy (non-hydrogen) atoms. The Labute approximate surface area is 154 Å². The quantitative estimate of drug-likeness (QED) is 0.724. The summed E-state index contributed by atoms with van der Waals surface area (Å²) in [6.07, 6.45) is -4.83. The number of carbonyl (C=O) groups excluding carboxylic acids is 1. The van der Waals surface area contributed by atoms with Gasteiger partial charge in [-0.3, -0.25) is 4.79 Å². The van der Waals surface area contributed by atoms with Gasteiger partial charge in [0.2, 0.25) is 5.91 Å². The predicted octanol–water partition coefficient (Wildman–Crippen LogP) is 4.29. The van der Waals surface area contributed by atoms with E-state index in [0.29, 0.717) is 6.42 Å². The molecule has 1 aliphatic rings. The van der Waals surface area contributed by atoms with Crippen LogP contribution in [-0.2, 0) is 16.0 Å². The van der Waals surface area contributed by atoms with Crippen LogP contribution in [0.3, 0.4) is 0 Å². The zero-order valence-electron chi connectivity index (χ0n) is 14.5. The Morgan fingerprint density at radius 1 is 1.11 bits per heavy atom. The van der Waals surface area contributed by atoms with E-state index in [9.17, 15) is 22.4 Å². The number of rotatable bonds is 5. The average molecular weight is 381 g/mol. The molecule has 0 saturated carbocycles. The molecule has 0 radical (unpaired) electrons. The Morgan fingerprint density at radius 2 is 1.78 bits per heavy atom. The van der Waals surface area contributed by atoms with Crippen molar-refractivity contribution < 1.29 is 27.1 Å². The van der Waals surface area contributed by atoms with Gasteiger partial charge in [0.25, 0.3) is 0 Å². The SMILES string of the molecule is O=C(C[C@H](c1ccc(F)cc1)C(F)(F)F)N1COC[C@H]1Cc1ccccc1. The van der Waals surface area contributed by atoms with Crippen molar-refractivity contribution in [2.45, 2.75) is 31.0 Å². The lowest BCUT2D eigenvalue weighted by atomic mass is 9.94. The maximum Gasteiger partial charge on any atom is 0.396 e. The van der Waals surface area contributed by atoms with E-state index in [0.717, 1.165) is 29.8 Å². The van der Waals surface area contributed by atoms with Crippen molar-refractivity contribution in [1.29, 1.82) is 0 Å². The maximum atomic E-state index is 13.5. The number of hydrogen-bond donors (Lipinski definition) is 0. The molecule has 0 unspecified atom stereocenters. The van der Waals surface area contributed by atoms with E-state index >= 15 is 0 Å². The lowest BCUT2D eigenvalue weighted by molar-refractivity contribution is -0.161. The second-order valence-electron chi connectivity index (χ2n) is 6.56. The third kappa shape index (κ3) is 4.86. The third-order valence-electron chi connectivity index (χ3n) is 4.66. The Hall–Kier alpha value is -2.41. The Kier molecular flexibility index (Phi) is 5.79. The van der Waals surface area contributed by atoms with Crippen LogP contribution in [0.1, 0.15) is 23.5 Å². The van der Waals surface area contributed by atoms with Gasteiger partial charge in [-0.05, 0) is 29.7 Å². The fraction of sp³-hybridized carbons (Fsp3) is 0.350. The van der Waals surface area contributed by atoms with E-state index < -0.39 is 30.2 Å². The first kappa shape index (κ1) is 19.4. The molecule has 0 spiro atoms. The van der Waals surface area contributed by atoms with Crippen LogP contribution in [0.2, 0.25) is 0 Å². The van der Waals surface area contributed by atoms with Crippen LogP contribution in [0.15, 0.2) is 54.6 Å². The molecule has 0 bridgehead atoms. The van der Waals surface area contributed by atoms with Crippen LogP contribution in [-0.4, -0.2) is 36.4 Å². The summed E-state index contributed by atoms with van der Waals surface area (Å²) in [6, 6.07) is 13.2. The van der Waals surface area contributed by atoms with Crippen molar-refractivity contribution in [2.75, 3.05) is 13.3 Å². The monoisotopic (exact) mass is 381 g/mol. The van der Waals surface area contributed by atoms with Crippen molar-refractivity contribution in [3.63, 3.8) is 0 Å². The highest BCUT2D eigenvalue weighted by molar-refractivity contribution is 5.77. The number of benzene rings is 2. The molecule has 7 heteroatoms. The lowest BCUT2D eigenvalue weighted by Gasteiger charge is -2.26. The Bertz CT molecular complexity index is 762. The molecule has 1 aliphatic heterocycles. The number of ether oxygens (including phenoxy) is 1. The van der Waals surface area contributed by atoms with Gasteiger partial charge in [-0.1, -0.05) is 42.5 Å². The van der Waals surface area contributed by atoms with E-state index in [-0.39, 0.29) is 24.9 Å². The summed E-state index contributed by atoms with van der Waals surface area (Å²) in [4.78, 5) is 14.0. The van der Waals surface area contributed by atoms with Gasteiger partial charge in [0, 0.05) is 6.42 Å². The van der Waals surface area contributed by atoms with Crippen LogP contribution in [0.25, 0.3) is 0 Å². The maximum absolute atomic E-state index is 13.5. The molecule has 1 amide bonds. The molecule has 3 nitrogen and oxygen atoms in total. The number of nitrogens with zero attached hydrogens (tertiary/aromatic N) is 1. The van der Waals surface area contributed by atoms with E-state index in [4.69, 9.17) is 4.74 Å². The molecule has 0 aliphatic carbocycles. The Balaban J connectivity index is 1.73. The number of carbonyl (C=O) groups is 1. The zero-order chi connectivity index (χ0) is 19.4. The topological polar surface area (TPSA) is 29.5 Å². The molecule has 3 rings (SSSR count). The van der Waals surface area contributed by atoms with Crippen molar-refractivity contribution in [3.8, 4) is 0 Å². The van der Waals surface area contributed by atoms with Crippen LogP contribution in [0.4, 0.5) is 17.6 Å². The lowest BCUT2D eigenvalue weighted by Crippen LogP contribution is -2.40. The molecule has 1 fully saturated rings. The van der Waals surface area contributed by atoms with Gasteiger partial charge in [0.15, 0.2) is 0 Å². The molecular weight excluding hydrogens is 362 g/mol. The summed E-state index contributed by atoms with van der Waals surface area (Å²) in [6.45, 7) is 0.262. The molecule has 2 aromatic carbocycles. The van der Waals surface area contributed by atoms with E-state index in [1.807, 2.05) is 30.3 Å². The fourth-order valence-electron chi connectivity index (χ4n) is 3.22. The third-order valence-corrected chi connectivity index (χ3v) is 4.66. The Morgan fingerprint density at radius 3 is 2.41 bits per heavy atom. The first-order valence-electron chi connectivity index (χ1n) is 8.58. The molecule has 0 aromatic heterocycles. The van der Waals surface area contributed by atoms with Crippen molar-refractivity contribution in [3.05, 3.63) is 71.5 Å². The van der Waals surface area contributed by atoms with Crippen LogP contribution in [0, 0.1) is 5.82 Å². The van der Waals surface area contributed by atoms with Crippen molar-refractivity contribution in [1.82, 2.24) is 4.90 Å². The molecular formula is C20H19F4NO2. The van der Waals surface area contributed by atoms with E-state index in [1.165, 1.54) is 4.90 Å². The van der Waals surface area contributed by atoms with Crippen LogP contribution >= 0.6 is 0 Å². The predicted molar refractivity (Wildman–Crippen MR) is 91.4 cm³/mol. The molecule has 0 N–H and O–H groups in total. The smallest absolute Gasteiger partial charge is 0.359 e. The number of halogens is 4. The summed E-state index contributed by atoms with van der Waals surface area (Å²) in [7, 11) is 0. The minimum absolute atomic E-state index is 0.0235. The van der Waals surface area contributed by atoms with Gasteiger partial charge in [-0.15, -0.1) is 0 Å². The highest BCUT2D eigenvalue weighted by atomic mass is 19.4. The first-order valence-corrected chi connectivity index (χ1v) is 8.58. The summed E-state index contributed by atoms with van der Waals surface area (Å²) < 4.78 is 58.9. The number of alkyl halides is 3. The normalized spacial score (nSPS) is 18.5. The van der Waals surface area contributed by atoms with E-state index in [1.54, 1.807) is 0 Å². The second-order valence-corrected chi connectivity index (χ2v) is 6.56. The summed E-state index contributed by atoms with van der Waals surface area (Å²) in [5, 5.41) is 0. The van der Waals surface area contributed by atoms with Crippen molar-refractivity contribution in [2.24, 2.45) is 0 Å². The highest BCUT2D eigenvalue weighted by Crippen LogP contribution is 2.38. The van der Waals surface area contributed by atoms with Gasteiger partial charge in [0.05, 0.1) is 18.6 Å². The van der Waals surface area contributed by atoms with Gasteiger partial charge in [-0.25, -0.2) is 4.39 Å². The van der Waals surface area contributed by atoms with E-state index in [2.05, 4.69) is 0 Å². The average Bonchev–Trinajstić information content (AvgIpc) is 3.08.